The zero-order chi connectivity index (χ0) is 11.6. The van der Waals surface area contributed by atoms with Crippen LogP contribution in [0.15, 0.2) is 24.3 Å². The maximum absolute atomic E-state index is 9.89. The van der Waals surface area contributed by atoms with Crippen molar-refractivity contribution >= 4 is 0 Å². The first-order chi connectivity index (χ1) is 6.84. The van der Waals surface area contributed by atoms with Crippen molar-refractivity contribution in [1.82, 2.24) is 0 Å². The van der Waals surface area contributed by atoms with Gasteiger partial charge in [-0.25, -0.2) is 0 Å². The molecule has 0 aliphatic rings. The summed E-state index contributed by atoms with van der Waals surface area (Å²) < 4.78 is 0. The SMILES string of the molecule is CC(O)C(O)c1ccccc1C(C)(C)C. The molecule has 2 unspecified atom stereocenters. The van der Waals surface area contributed by atoms with Crippen molar-refractivity contribution in [2.75, 3.05) is 0 Å². The van der Waals surface area contributed by atoms with E-state index >= 15 is 0 Å². The standard InChI is InChI=1S/C13H20O2/c1-9(14)12(15)10-7-5-6-8-11(10)13(2,3)4/h5-9,12,14-15H,1-4H3. The molecule has 0 spiro atoms. The summed E-state index contributed by atoms with van der Waals surface area (Å²) in [4.78, 5) is 0. The second kappa shape index (κ2) is 4.33. The summed E-state index contributed by atoms with van der Waals surface area (Å²) in [5.41, 5.74) is 1.88. The first-order valence-corrected chi connectivity index (χ1v) is 5.29. The third-order valence-electron chi connectivity index (χ3n) is 2.54. The summed E-state index contributed by atoms with van der Waals surface area (Å²) >= 11 is 0. The summed E-state index contributed by atoms with van der Waals surface area (Å²) in [6.45, 7) is 7.89. The van der Waals surface area contributed by atoms with E-state index in [4.69, 9.17) is 0 Å². The van der Waals surface area contributed by atoms with Crippen LogP contribution in [0.2, 0.25) is 0 Å². The Hall–Kier alpha value is -0.860. The Bertz CT molecular complexity index is 324. The lowest BCUT2D eigenvalue weighted by Gasteiger charge is -2.26. The van der Waals surface area contributed by atoms with Gasteiger partial charge >= 0.3 is 0 Å². The molecule has 2 nitrogen and oxygen atoms in total. The highest BCUT2D eigenvalue weighted by Gasteiger charge is 2.23. The van der Waals surface area contributed by atoms with Crippen LogP contribution in [0.3, 0.4) is 0 Å². The van der Waals surface area contributed by atoms with Gasteiger partial charge in [0.15, 0.2) is 0 Å². The van der Waals surface area contributed by atoms with Crippen LogP contribution in [0.5, 0.6) is 0 Å². The van der Waals surface area contributed by atoms with Crippen molar-refractivity contribution in [2.45, 2.75) is 45.3 Å². The van der Waals surface area contributed by atoms with Gasteiger partial charge in [0.1, 0.15) is 6.10 Å². The van der Waals surface area contributed by atoms with E-state index in [1.807, 2.05) is 24.3 Å². The Labute approximate surface area is 91.6 Å². The van der Waals surface area contributed by atoms with E-state index < -0.39 is 12.2 Å². The zero-order valence-electron chi connectivity index (χ0n) is 9.86. The summed E-state index contributed by atoms with van der Waals surface area (Å²) in [6, 6.07) is 7.72. The van der Waals surface area contributed by atoms with Crippen molar-refractivity contribution < 1.29 is 10.2 Å². The maximum atomic E-state index is 9.89. The van der Waals surface area contributed by atoms with Gasteiger partial charge in [-0.3, -0.25) is 0 Å². The molecule has 0 heterocycles. The van der Waals surface area contributed by atoms with Crippen LogP contribution in [0.25, 0.3) is 0 Å². The first-order valence-electron chi connectivity index (χ1n) is 5.29. The molecule has 84 valence electrons. The summed E-state index contributed by atoms with van der Waals surface area (Å²) in [5, 5.41) is 19.3. The van der Waals surface area contributed by atoms with Crippen LogP contribution in [0.1, 0.15) is 44.9 Å². The molecule has 2 atom stereocenters. The Morgan fingerprint density at radius 1 is 1.07 bits per heavy atom. The number of hydrogen-bond acceptors (Lipinski definition) is 2. The van der Waals surface area contributed by atoms with Crippen LogP contribution >= 0.6 is 0 Å². The molecule has 0 aromatic heterocycles. The largest absolute Gasteiger partial charge is 0.390 e. The maximum Gasteiger partial charge on any atom is 0.105 e. The number of benzene rings is 1. The predicted molar refractivity (Wildman–Crippen MR) is 61.8 cm³/mol. The Morgan fingerprint density at radius 2 is 1.60 bits per heavy atom. The minimum atomic E-state index is -0.805. The molecule has 0 aliphatic heterocycles. The molecule has 0 saturated carbocycles. The highest BCUT2D eigenvalue weighted by molar-refractivity contribution is 5.34. The molecule has 0 amide bonds. The average molecular weight is 208 g/mol. The van der Waals surface area contributed by atoms with Crippen LogP contribution in [-0.2, 0) is 5.41 Å². The molecule has 0 bridgehead atoms. The van der Waals surface area contributed by atoms with Gasteiger partial charge in [-0.2, -0.15) is 0 Å². The molecule has 15 heavy (non-hydrogen) atoms. The van der Waals surface area contributed by atoms with E-state index in [0.717, 1.165) is 11.1 Å². The van der Waals surface area contributed by atoms with Crippen LogP contribution in [-0.4, -0.2) is 16.3 Å². The number of aliphatic hydroxyl groups is 2. The molecule has 1 aromatic rings. The number of rotatable bonds is 2. The van der Waals surface area contributed by atoms with Gasteiger partial charge in [0.2, 0.25) is 0 Å². The van der Waals surface area contributed by atoms with Crippen molar-refractivity contribution in [3.05, 3.63) is 35.4 Å². The fraction of sp³-hybridized carbons (Fsp3) is 0.538. The molecule has 0 saturated heterocycles. The van der Waals surface area contributed by atoms with Gasteiger partial charge < -0.3 is 10.2 Å². The molecule has 2 N–H and O–H groups in total. The second-order valence-corrected chi connectivity index (χ2v) is 5.02. The quantitative estimate of drug-likeness (QED) is 0.783. The van der Waals surface area contributed by atoms with E-state index in [-0.39, 0.29) is 5.41 Å². The topological polar surface area (TPSA) is 40.5 Å². The third-order valence-corrected chi connectivity index (χ3v) is 2.54. The lowest BCUT2D eigenvalue weighted by atomic mass is 9.82. The number of hydrogen-bond donors (Lipinski definition) is 2. The van der Waals surface area contributed by atoms with Gasteiger partial charge in [-0.1, -0.05) is 45.0 Å². The monoisotopic (exact) mass is 208 g/mol. The normalized spacial score (nSPS) is 16.1. The molecule has 1 rings (SSSR count). The molecule has 0 radical (unpaired) electrons. The lowest BCUT2D eigenvalue weighted by molar-refractivity contribution is 0.0295. The highest BCUT2D eigenvalue weighted by atomic mass is 16.3. The van der Waals surface area contributed by atoms with Gasteiger partial charge in [0.05, 0.1) is 6.10 Å². The van der Waals surface area contributed by atoms with Crippen LogP contribution < -0.4 is 0 Å². The van der Waals surface area contributed by atoms with Crippen LogP contribution in [0, 0.1) is 0 Å². The smallest absolute Gasteiger partial charge is 0.105 e. The van der Waals surface area contributed by atoms with Gasteiger partial charge in [0, 0.05) is 0 Å². The Balaban J connectivity index is 3.18. The van der Waals surface area contributed by atoms with Crippen molar-refractivity contribution in [3.8, 4) is 0 Å². The molecule has 2 heteroatoms. The van der Waals surface area contributed by atoms with Crippen molar-refractivity contribution in [1.29, 1.82) is 0 Å². The van der Waals surface area contributed by atoms with Gasteiger partial charge in [0.25, 0.3) is 0 Å². The van der Waals surface area contributed by atoms with E-state index in [1.165, 1.54) is 0 Å². The van der Waals surface area contributed by atoms with Gasteiger partial charge in [-0.15, -0.1) is 0 Å². The van der Waals surface area contributed by atoms with Crippen molar-refractivity contribution in [3.63, 3.8) is 0 Å². The number of aliphatic hydroxyl groups excluding tert-OH is 2. The summed E-state index contributed by atoms with van der Waals surface area (Å²) in [5.74, 6) is 0. The Morgan fingerprint density at radius 3 is 2.07 bits per heavy atom. The fourth-order valence-corrected chi connectivity index (χ4v) is 1.70. The minimum absolute atomic E-state index is 0.0214. The van der Waals surface area contributed by atoms with E-state index in [9.17, 15) is 10.2 Å². The predicted octanol–water partition coefficient (Wildman–Crippen LogP) is 2.40. The zero-order valence-corrected chi connectivity index (χ0v) is 9.86. The summed E-state index contributed by atoms with van der Waals surface area (Å²) in [7, 11) is 0. The van der Waals surface area contributed by atoms with E-state index in [2.05, 4.69) is 20.8 Å². The first kappa shape index (κ1) is 12.2. The lowest BCUT2D eigenvalue weighted by Crippen LogP contribution is -2.21. The highest BCUT2D eigenvalue weighted by Crippen LogP contribution is 2.30. The van der Waals surface area contributed by atoms with E-state index in [1.54, 1.807) is 6.92 Å². The molecular formula is C13H20O2. The fourth-order valence-electron chi connectivity index (χ4n) is 1.70. The second-order valence-electron chi connectivity index (χ2n) is 5.02. The molecule has 1 aromatic carbocycles. The minimum Gasteiger partial charge on any atom is -0.390 e. The summed E-state index contributed by atoms with van der Waals surface area (Å²) in [6.07, 6.45) is -1.55. The third kappa shape index (κ3) is 2.80. The molecule has 0 fully saturated rings. The average Bonchev–Trinajstić information content (AvgIpc) is 2.15. The van der Waals surface area contributed by atoms with Gasteiger partial charge in [-0.05, 0) is 23.5 Å². The molecular weight excluding hydrogens is 188 g/mol. The van der Waals surface area contributed by atoms with E-state index in [0.29, 0.717) is 0 Å². The van der Waals surface area contributed by atoms with Crippen LogP contribution in [0.4, 0.5) is 0 Å². The Kier molecular flexibility index (Phi) is 3.53. The molecule has 0 aliphatic carbocycles. The van der Waals surface area contributed by atoms with Crippen molar-refractivity contribution in [2.24, 2.45) is 0 Å².